The molecule has 0 aliphatic heterocycles. The van der Waals surface area contributed by atoms with Gasteiger partial charge in [0.1, 0.15) is 0 Å². The van der Waals surface area contributed by atoms with Crippen LogP contribution in [-0.4, -0.2) is 21.1 Å². The van der Waals surface area contributed by atoms with E-state index in [1.807, 2.05) is 36.4 Å². The number of hydrogen-bond acceptors (Lipinski definition) is 4. The van der Waals surface area contributed by atoms with Crippen molar-refractivity contribution in [3.63, 3.8) is 0 Å². The normalized spacial score (nSPS) is 11.3. The van der Waals surface area contributed by atoms with Crippen molar-refractivity contribution >= 4 is 61.6 Å². The van der Waals surface area contributed by atoms with Crippen LogP contribution in [0, 0.1) is 4.77 Å². The van der Waals surface area contributed by atoms with Crippen LogP contribution in [0.25, 0.3) is 11.4 Å². The summed E-state index contributed by atoms with van der Waals surface area (Å²) in [7, 11) is 0. The molecule has 2 heterocycles. The Bertz CT molecular complexity index is 863. The fourth-order valence-electron chi connectivity index (χ4n) is 1.73. The van der Waals surface area contributed by atoms with Crippen LogP contribution in [0.3, 0.4) is 0 Å². The van der Waals surface area contributed by atoms with E-state index < -0.39 is 0 Å². The molecule has 0 saturated carbocycles. The van der Waals surface area contributed by atoms with Crippen LogP contribution in [0.2, 0.25) is 0 Å². The topological polar surface area (TPSA) is 46.0 Å². The molecule has 0 bridgehead atoms. The minimum absolute atomic E-state index is 0.452. The summed E-state index contributed by atoms with van der Waals surface area (Å²) in [5.41, 5.74) is 0.925. The first-order valence-corrected chi connectivity index (χ1v) is 8.68. The average molecular weight is 444 g/mol. The molecule has 1 N–H and O–H groups in total. The molecule has 3 aromatic rings. The molecule has 0 amide bonds. The minimum atomic E-state index is 0.452. The van der Waals surface area contributed by atoms with Crippen LogP contribution >= 0.6 is 55.4 Å². The van der Waals surface area contributed by atoms with Crippen LogP contribution in [-0.2, 0) is 0 Å². The fourth-order valence-corrected chi connectivity index (χ4v) is 3.66. The Morgan fingerprint density at radius 3 is 2.76 bits per heavy atom. The largest absolute Gasteiger partial charge is 0.250 e. The van der Waals surface area contributed by atoms with Crippen molar-refractivity contribution in [2.75, 3.05) is 0 Å². The number of H-pyrrole nitrogens is 1. The van der Waals surface area contributed by atoms with Crippen molar-refractivity contribution < 1.29 is 0 Å². The first kappa shape index (κ1) is 14.8. The lowest BCUT2D eigenvalue weighted by Crippen LogP contribution is -1.94. The second kappa shape index (κ2) is 6.35. The predicted octanol–water partition coefficient (Wildman–Crippen LogP) is 5.08. The highest BCUT2D eigenvalue weighted by Crippen LogP contribution is 2.26. The van der Waals surface area contributed by atoms with Crippen molar-refractivity contribution in [1.29, 1.82) is 0 Å². The van der Waals surface area contributed by atoms with E-state index >= 15 is 0 Å². The lowest BCUT2D eigenvalue weighted by Gasteiger charge is -2.02. The summed E-state index contributed by atoms with van der Waals surface area (Å²) < 4.78 is 4.07. The van der Waals surface area contributed by atoms with E-state index in [4.69, 9.17) is 12.2 Å². The van der Waals surface area contributed by atoms with E-state index in [2.05, 4.69) is 47.2 Å². The summed E-state index contributed by atoms with van der Waals surface area (Å²) in [5, 5.41) is 11.5. The first-order valence-electron chi connectivity index (χ1n) is 5.87. The van der Waals surface area contributed by atoms with Gasteiger partial charge in [-0.25, -0.2) is 5.10 Å². The average Bonchev–Trinajstić information content (AvgIpc) is 3.04. The Labute approximate surface area is 146 Å². The highest BCUT2D eigenvalue weighted by atomic mass is 79.9. The van der Waals surface area contributed by atoms with E-state index in [1.54, 1.807) is 22.2 Å². The maximum absolute atomic E-state index is 5.25. The van der Waals surface area contributed by atoms with Gasteiger partial charge in [0.05, 0.1) is 10.0 Å². The molecule has 2 aromatic heterocycles. The molecule has 0 aliphatic rings. The summed E-state index contributed by atoms with van der Waals surface area (Å²) >= 11 is 13.8. The van der Waals surface area contributed by atoms with Gasteiger partial charge in [0.2, 0.25) is 4.77 Å². The van der Waals surface area contributed by atoms with Crippen LogP contribution in [0.1, 0.15) is 4.88 Å². The Hall–Kier alpha value is -1.09. The van der Waals surface area contributed by atoms with Gasteiger partial charge in [-0.1, -0.05) is 28.1 Å². The van der Waals surface area contributed by atoms with Gasteiger partial charge in [-0.15, -0.1) is 11.3 Å². The van der Waals surface area contributed by atoms with Gasteiger partial charge in [-0.2, -0.15) is 14.9 Å². The summed E-state index contributed by atoms with van der Waals surface area (Å²) in [4.78, 5) is 1.03. The molecule has 3 rings (SSSR count). The number of aromatic nitrogens is 3. The monoisotopic (exact) mass is 442 g/mol. The number of halogens is 2. The number of rotatable bonds is 3. The van der Waals surface area contributed by atoms with Gasteiger partial charge in [-0.3, -0.25) is 0 Å². The molecule has 21 heavy (non-hydrogen) atoms. The number of nitrogens with one attached hydrogen (secondary N) is 1. The smallest absolute Gasteiger partial charge is 0.216 e. The highest BCUT2D eigenvalue weighted by molar-refractivity contribution is 9.11. The second-order valence-corrected chi connectivity index (χ2v) is 7.77. The third-order valence-electron chi connectivity index (χ3n) is 2.66. The molecule has 0 aliphatic carbocycles. The number of benzene rings is 1. The lowest BCUT2D eigenvalue weighted by atomic mass is 10.2. The molecule has 0 spiro atoms. The Kier molecular flexibility index (Phi) is 4.48. The van der Waals surface area contributed by atoms with Crippen LogP contribution in [0.15, 0.2) is 49.8 Å². The van der Waals surface area contributed by atoms with E-state index in [9.17, 15) is 0 Å². The number of nitrogens with zero attached hydrogens (tertiary/aromatic N) is 3. The Morgan fingerprint density at radius 2 is 2.05 bits per heavy atom. The zero-order valence-corrected chi connectivity index (χ0v) is 15.3. The van der Waals surface area contributed by atoms with Crippen LogP contribution in [0.5, 0.6) is 0 Å². The molecular weight excluding hydrogens is 436 g/mol. The van der Waals surface area contributed by atoms with Gasteiger partial charge in [0.25, 0.3) is 0 Å². The van der Waals surface area contributed by atoms with Crippen LogP contribution in [0.4, 0.5) is 0 Å². The van der Waals surface area contributed by atoms with Crippen molar-refractivity contribution in [2.45, 2.75) is 0 Å². The number of thiophene rings is 1. The number of aromatic amines is 1. The molecule has 4 nitrogen and oxygen atoms in total. The fraction of sp³-hybridized carbons (Fsp3) is 0. The predicted molar refractivity (Wildman–Crippen MR) is 95.6 cm³/mol. The summed E-state index contributed by atoms with van der Waals surface area (Å²) in [6.45, 7) is 0. The summed E-state index contributed by atoms with van der Waals surface area (Å²) in [5.74, 6) is 0.666. The van der Waals surface area contributed by atoms with E-state index in [0.29, 0.717) is 10.6 Å². The molecule has 106 valence electrons. The third-order valence-corrected chi connectivity index (χ3v) is 5.17. The van der Waals surface area contributed by atoms with Crippen molar-refractivity contribution in [2.24, 2.45) is 5.10 Å². The molecule has 0 radical (unpaired) electrons. The Balaban J connectivity index is 2.04. The van der Waals surface area contributed by atoms with Gasteiger partial charge in [0, 0.05) is 14.9 Å². The van der Waals surface area contributed by atoms with E-state index in [1.165, 1.54) is 0 Å². The van der Waals surface area contributed by atoms with Crippen molar-refractivity contribution in [3.05, 3.63) is 54.3 Å². The third kappa shape index (κ3) is 3.23. The molecular formula is C13H8Br2N4S2. The number of hydrogen-bond donors (Lipinski definition) is 1. The lowest BCUT2D eigenvalue weighted by molar-refractivity contribution is 0.871. The van der Waals surface area contributed by atoms with E-state index in [-0.39, 0.29) is 0 Å². The summed E-state index contributed by atoms with van der Waals surface area (Å²) in [6.07, 6.45) is 1.76. The molecule has 0 atom stereocenters. The zero-order chi connectivity index (χ0) is 14.8. The molecule has 8 heteroatoms. The van der Waals surface area contributed by atoms with Gasteiger partial charge < -0.3 is 0 Å². The van der Waals surface area contributed by atoms with Crippen molar-refractivity contribution in [1.82, 2.24) is 14.9 Å². The van der Waals surface area contributed by atoms with Gasteiger partial charge >= 0.3 is 0 Å². The van der Waals surface area contributed by atoms with E-state index in [0.717, 1.165) is 18.7 Å². The SMILES string of the molecule is S=c1[nH]nc(-c2ccccc2Br)n1/N=C/c1ccc(Br)s1. The zero-order valence-electron chi connectivity index (χ0n) is 10.5. The maximum Gasteiger partial charge on any atom is 0.216 e. The second-order valence-electron chi connectivity index (χ2n) is 4.03. The van der Waals surface area contributed by atoms with Crippen molar-refractivity contribution in [3.8, 4) is 11.4 Å². The molecule has 1 aromatic carbocycles. The molecule has 0 fully saturated rings. The standard InChI is InChI=1S/C13H8Br2N4S2/c14-10-4-2-1-3-9(10)12-17-18-13(20)19(12)16-7-8-5-6-11(15)21-8/h1-7H,(H,18,20)/b16-7+. The highest BCUT2D eigenvalue weighted by Gasteiger charge is 2.10. The maximum atomic E-state index is 5.25. The summed E-state index contributed by atoms with van der Waals surface area (Å²) in [6, 6.07) is 11.8. The van der Waals surface area contributed by atoms with Gasteiger partial charge in [0.15, 0.2) is 5.82 Å². The Morgan fingerprint density at radius 1 is 1.24 bits per heavy atom. The minimum Gasteiger partial charge on any atom is -0.250 e. The molecule has 0 saturated heterocycles. The quantitative estimate of drug-likeness (QED) is 0.453. The van der Waals surface area contributed by atoms with Gasteiger partial charge in [-0.05, 0) is 52.4 Å². The first-order chi connectivity index (χ1) is 10.1. The van der Waals surface area contributed by atoms with Crippen LogP contribution < -0.4 is 0 Å². The molecule has 0 unspecified atom stereocenters.